The third-order valence-electron chi connectivity index (χ3n) is 3.22. The van der Waals surface area contributed by atoms with Gasteiger partial charge < -0.3 is 0 Å². The van der Waals surface area contributed by atoms with E-state index >= 15 is 0 Å². The number of hydrogen-bond donors (Lipinski definition) is 0. The van der Waals surface area contributed by atoms with Gasteiger partial charge >= 0.3 is 0 Å². The van der Waals surface area contributed by atoms with Crippen molar-refractivity contribution >= 4 is 17.3 Å². The van der Waals surface area contributed by atoms with Crippen molar-refractivity contribution in [1.82, 2.24) is 4.67 Å². The highest BCUT2D eigenvalue weighted by molar-refractivity contribution is 8.01. The van der Waals surface area contributed by atoms with Crippen LogP contribution < -0.4 is 0 Å². The highest BCUT2D eigenvalue weighted by atomic mass is 32.0. The summed E-state index contributed by atoms with van der Waals surface area (Å²) in [5, 5.41) is 0. The highest BCUT2D eigenvalue weighted by Crippen LogP contribution is 2.41. The van der Waals surface area contributed by atoms with E-state index in [0.717, 1.165) is 20.3 Å². The standard InChI is InChI=1S/C8H17NP2/c10-11-9-5-4-7-2-1-3-8(7)6-9/h7-8,11H,1-6,10H2. The van der Waals surface area contributed by atoms with Gasteiger partial charge in [0, 0.05) is 13.1 Å². The number of piperidine rings is 1. The van der Waals surface area contributed by atoms with Gasteiger partial charge in [-0.05, 0) is 33.1 Å². The molecule has 2 aliphatic rings. The van der Waals surface area contributed by atoms with E-state index in [0.29, 0.717) is 0 Å². The molecule has 1 heterocycles. The van der Waals surface area contributed by atoms with Crippen LogP contribution in [0, 0.1) is 11.8 Å². The second-order valence-corrected chi connectivity index (χ2v) is 5.48. The van der Waals surface area contributed by atoms with Gasteiger partial charge in [0.15, 0.2) is 0 Å². The summed E-state index contributed by atoms with van der Waals surface area (Å²) in [4.78, 5) is 0. The van der Waals surface area contributed by atoms with E-state index in [1.807, 2.05) is 0 Å². The van der Waals surface area contributed by atoms with E-state index < -0.39 is 0 Å². The topological polar surface area (TPSA) is 3.24 Å². The molecule has 64 valence electrons. The first-order chi connectivity index (χ1) is 5.40. The fraction of sp³-hybridized carbons (Fsp3) is 1.00. The Hall–Kier alpha value is 0.820. The maximum atomic E-state index is 2.87. The van der Waals surface area contributed by atoms with Crippen LogP contribution in [0.25, 0.3) is 0 Å². The van der Waals surface area contributed by atoms with Crippen LogP contribution in [0.2, 0.25) is 0 Å². The molecule has 0 radical (unpaired) electrons. The molecular formula is C8H17NP2. The van der Waals surface area contributed by atoms with Crippen molar-refractivity contribution in [2.24, 2.45) is 11.8 Å². The monoisotopic (exact) mass is 189 g/mol. The Morgan fingerprint density at radius 3 is 2.82 bits per heavy atom. The number of fused-ring (bicyclic) bond motifs is 1. The zero-order valence-corrected chi connectivity index (χ0v) is 9.08. The average molecular weight is 189 g/mol. The van der Waals surface area contributed by atoms with Gasteiger partial charge in [-0.2, -0.15) is 0 Å². The fourth-order valence-electron chi connectivity index (χ4n) is 2.55. The van der Waals surface area contributed by atoms with Crippen LogP contribution in [-0.2, 0) is 0 Å². The van der Waals surface area contributed by atoms with E-state index in [9.17, 15) is 0 Å². The lowest BCUT2D eigenvalue weighted by atomic mass is 9.90. The molecule has 1 aliphatic carbocycles. The van der Waals surface area contributed by atoms with Crippen LogP contribution >= 0.6 is 17.3 Å². The first-order valence-electron chi connectivity index (χ1n) is 4.61. The van der Waals surface area contributed by atoms with E-state index in [2.05, 4.69) is 13.6 Å². The summed E-state index contributed by atoms with van der Waals surface area (Å²) in [6.45, 7) is 2.76. The molecule has 1 saturated carbocycles. The lowest BCUT2D eigenvalue weighted by Gasteiger charge is -2.33. The molecule has 1 nitrogen and oxygen atoms in total. The highest BCUT2D eigenvalue weighted by Gasteiger charge is 2.31. The maximum Gasteiger partial charge on any atom is 0.00525 e. The Morgan fingerprint density at radius 1 is 1.18 bits per heavy atom. The Bertz CT molecular complexity index is 140. The van der Waals surface area contributed by atoms with Gasteiger partial charge in [-0.3, -0.25) is 4.67 Å². The van der Waals surface area contributed by atoms with Gasteiger partial charge in [0.05, 0.1) is 0 Å². The largest absolute Gasteiger partial charge is 0.281 e. The molecule has 0 spiro atoms. The molecule has 0 aromatic heterocycles. The molecule has 3 heteroatoms. The van der Waals surface area contributed by atoms with Crippen LogP contribution in [0.4, 0.5) is 0 Å². The average Bonchev–Trinajstić information content (AvgIpc) is 2.50. The van der Waals surface area contributed by atoms with Crippen molar-refractivity contribution in [3.8, 4) is 0 Å². The van der Waals surface area contributed by atoms with Crippen molar-refractivity contribution in [1.29, 1.82) is 0 Å². The van der Waals surface area contributed by atoms with Gasteiger partial charge in [0.1, 0.15) is 0 Å². The van der Waals surface area contributed by atoms with Gasteiger partial charge in [-0.1, -0.05) is 21.8 Å². The lowest BCUT2D eigenvalue weighted by Crippen LogP contribution is -2.32. The predicted molar refractivity (Wildman–Crippen MR) is 55.0 cm³/mol. The number of nitrogens with zero attached hydrogens (tertiary/aromatic N) is 1. The summed E-state index contributed by atoms with van der Waals surface area (Å²) in [6.07, 6.45) is 6.02. The lowest BCUT2D eigenvalue weighted by molar-refractivity contribution is 0.223. The molecule has 4 atom stereocenters. The third-order valence-corrected chi connectivity index (χ3v) is 5.09. The first kappa shape index (κ1) is 8.42. The van der Waals surface area contributed by atoms with Gasteiger partial charge in [0.25, 0.3) is 0 Å². The van der Waals surface area contributed by atoms with Crippen LogP contribution in [0.1, 0.15) is 25.7 Å². The van der Waals surface area contributed by atoms with E-state index in [1.165, 1.54) is 38.8 Å². The van der Waals surface area contributed by atoms with Gasteiger partial charge in [-0.25, -0.2) is 0 Å². The minimum Gasteiger partial charge on any atom is -0.281 e. The van der Waals surface area contributed by atoms with E-state index in [4.69, 9.17) is 0 Å². The molecule has 2 rings (SSSR count). The summed E-state index contributed by atoms with van der Waals surface area (Å²) < 4.78 is 2.61. The normalized spacial score (nSPS) is 40.1. The molecule has 2 fully saturated rings. The molecule has 1 saturated heterocycles. The molecule has 4 unspecified atom stereocenters. The smallest absolute Gasteiger partial charge is 0.00525 e. The fourth-order valence-corrected chi connectivity index (χ4v) is 3.85. The quantitative estimate of drug-likeness (QED) is 0.573. The predicted octanol–water partition coefficient (Wildman–Crippen LogP) is 2.49. The van der Waals surface area contributed by atoms with E-state index in [1.54, 1.807) is 0 Å². The van der Waals surface area contributed by atoms with Crippen LogP contribution in [0.5, 0.6) is 0 Å². The van der Waals surface area contributed by atoms with Crippen LogP contribution in [-0.4, -0.2) is 17.8 Å². The summed E-state index contributed by atoms with van der Waals surface area (Å²) in [5.74, 6) is 2.17. The SMILES string of the molecule is PPN1CCC2CCCC2C1. The molecule has 0 N–H and O–H groups in total. The summed E-state index contributed by atoms with van der Waals surface area (Å²) >= 11 is 0. The molecule has 0 bridgehead atoms. The first-order valence-corrected chi connectivity index (χ1v) is 7.37. The molecule has 0 aromatic rings. The van der Waals surface area contributed by atoms with Crippen molar-refractivity contribution in [2.45, 2.75) is 25.7 Å². The minimum absolute atomic E-state index is 0.963. The molecule has 11 heavy (non-hydrogen) atoms. The van der Waals surface area contributed by atoms with Crippen LogP contribution in [0.3, 0.4) is 0 Å². The van der Waals surface area contributed by atoms with Gasteiger partial charge in [-0.15, -0.1) is 0 Å². The Balaban J connectivity index is 1.91. The van der Waals surface area contributed by atoms with Crippen molar-refractivity contribution in [2.75, 3.05) is 13.1 Å². The number of hydrogen-bond acceptors (Lipinski definition) is 1. The Morgan fingerprint density at radius 2 is 2.00 bits per heavy atom. The molecule has 1 aliphatic heterocycles. The summed E-state index contributed by atoms with van der Waals surface area (Å²) in [6, 6.07) is 0. The summed E-state index contributed by atoms with van der Waals surface area (Å²) in [7, 11) is 3.83. The zero-order chi connectivity index (χ0) is 7.68. The molecule has 0 aromatic carbocycles. The van der Waals surface area contributed by atoms with Crippen LogP contribution in [0.15, 0.2) is 0 Å². The van der Waals surface area contributed by atoms with Gasteiger partial charge in [0.2, 0.25) is 0 Å². The third kappa shape index (κ3) is 1.77. The zero-order valence-electron chi connectivity index (χ0n) is 6.92. The van der Waals surface area contributed by atoms with Crippen molar-refractivity contribution in [3.63, 3.8) is 0 Å². The summed E-state index contributed by atoms with van der Waals surface area (Å²) in [5.41, 5.74) is 0. The van der Waals surface area contributed by atoms with Crippen molar-refractivity contribution in [3.05, 3.63) is 0 Å². The molecular weight excluding hydrogens is 172 g/mol. The second-order valence-electron chi connectivity index (χ2n) is 3.81. The van der Waals surface area contributed by atoms with E-state index in [-0.39, 0.29) is 0 Å². The maximum absolute atomic E-state index is 2.87. The van der Waals surface area contributed by atoms with Crippen molar-refractivity contribution < 1.29 is 0 Å². The Labute approximate surface area is 73.2 Å². The second kappa shape index (κ2) is 3.69. The minimum atomic E-state index is 0.963. The Kier molecular flexibility index (Phi) is 2.82. The number of rotatable bonds is 1. The molecule has 0 amide bonds.